The first-order chi connectivity index (χ1) is 17.4. The van der Waals surface area contributed by atoms with Crippen LogP contribution in [0.25, 0.3) is 11.3 Å². The van der Waals surface area contributed by atoms with E-state index in [1.165, 1.54) is 0 Å². The molecule has 0 aliphatic heterocycles. The molecular weight excluding hydrogens is 474 g/mol. The van der Waals surface area contributed by atoms with Gasteiger partial charge in [-0.2, -0.15) is 0 Å². The fraction of sp³-hybridized carbons (Fsp3) is 0.179. The van der Waals surface area contributed by atoms with Crippen molar-refractivity contribution in [2.45, 2.75) is 19.9 Å². The number of anilines is 2. The molecule has 0 saturated carbocycles. The Bertz CT molecular complexity index is 1340. The van der Waals surface area contributed by atoms with Crippen molar-refractivity contribution in [2.24, 2.45) is 0 Å². The van der Waals surface area contributed by atoms with Crippen molar-refractivity contribution >= 4 is 34.0 Å². The maximum absolute atomic E-state index is 12.3. The topological polar surface area (TPSA) is 91.8 Å². The van der Waals surface area contributed by atoms with Crippen LogP contribution in [-0.2, 0) is 11.3 Å². The van der Waals surface area contributed by atoms with Gasteiger partial charge in [0.05, 0.1) is 25.8 Å². The zero-order valence-electron chi connectivity index (χ0n) is 20.1. The van der Waals surface area contributed by atoms with Gasteiger partial charge in [0.1, 0.15) is 5.75 Å². The Morgan fingerprint density at radius 3 is 2.47 bits per heavy atom. The van der Waals surface area contributed by atoms with Gasteiger partial charge in [-0.25, -0.2) is 4.98 Å². The highest BCUT2D eigenvalue weighted by Crippen LogP contribution is 2.35. The number of aliphatic carboxylic acids is 1. The average molecular weight is 502 g/mol. The fourth-order valence-corrected chi connectivity index (χ4v) is 4.61. The quantitative estimate of drug-likeness (QED) is 0.291. The summed E-state index contributed by atoms with van der Waals surface area (Å²) in [6, 6.07) is 23.4. The number of carboxylic acids is 1. The van der Waals surface area contributed by atoms with Crippen molar-refractivity contribution in [1.82, 2.24) is 10.3 Å². The number of carbonyl (C=O) groups excluding carboxylic acids is 1. The molecule has 0 fully saturated rings. The van der Waals surface area contributed by atoms with Crippen LogP contribution in [0.2, 0.25) is 0 Å². The number of nitrogens with one attached hydrogen (secondary N) is 1. The monoisotopic (exact) mass is 501 g/mol. The standard InChI is InChI=1S/C28H27N3O4S/c1-19-16-23(12-13-25(19)35-2)31(28-30-24(18-36-28)21-6-4-3-5-7-21)17-20-8-10-22(11-9-20)27(34)29-15-14-26(32)33/h3-13,16,18H,14-15,17H2,1-2H3,(H,29,34)(H,32,33). The molecule has 7 nitrogen and oxygen atoms in total. The second-order valence-corrected chi connectivity index (χ2v) is 9.05. The summed E-state index contributed by atoms with van der Waals surface area (Å²) in [7, 11) is 1.66. The molecule has 4 rings (SSSR count). The van der Waals surface area contributed by atoms with Gasteiger partial charge < -0.3 is 20.1 Å². The number of ether oxygens (including phenoxy) is 1. The van der Waals surface area contributed by atoms with Gasteiger partial charge in [-0.15, -0.1) is 11.3 Å². The molecule has 184 valence electrons. The second-order valence-electron chi connectivity index (χ2n) is 8.22. The van der Waals surface area contributed by atoms with Crippen LogP contribution in [0.3, 0.4) is 0 Å². The first-order valence-electron chi connectivity index (χ1n) is 11.5. The minimum Gasteiger partial charge on any atom is -0.496 e. The number of hydrogen-bond donors (Lipinski definition) is 2. The lowest BCUT2D eigenvalue weighted by atomic mass is 10.1. The van der Waals surface area contributed by atoms with Crippen molar-refractivity contribution < 1.29 is 19.4 Å². The zero-order valence-corrected chi connectivity index (χ0v) is 20.9. The highest BCUT2D eigenvalue weighted by Gasteiger charge is 2.17. The third-order valence-electron chi connectivity index (χ3n) is 5.66. The molecule has 0 radical (unpaired) electrons. The number of nitrogens with zero attached hydrogens (tertiary/aromatic N) is 2. The summed E-state index contributed by atoms with van der Waals surface area (Å²) in [4.78, 5) is 30.0. The summed E-state index contributed by atoms with van der Waals surface area (Å²) in [5.74, 6) is -0.420. The Labute approximate surface area is 214 Å². The first kappa shape index (κ1) is 24.9. The summed E-state index contributed by atoms with van der Waals surface area (Å²) in [5.41, 5.74) is 5.47. The molecular formula is C28H27N3O4S. The van der Waals surface area contributed by atoms with Crippen molar-refractivity contribution in [2.75, 3.05) is 18.6 Å². The Kier molecular flexibility index (Phi) is 7.97. The zero-order chi connectivity index (χ0) is 25.5. The van der Waals surface area contributed by atoms with E-state index >= 15 is 0 Å². The van der Waals surface area contributed by atoms with Gasteiger partial charge in [-0.1, -0.05) is 42.5 Å². The summed E-state index contributed by atoms with van der Waals surface area (Å²) < 4.78 is 5.44. The number of aryl methyl sites for hydroxylation is 1. The lowest BCUT2D eigenvalue weighted by Crippen LogP contribution is -2.26. The molecule has 36 heavy (non-hydrogen) atoms. The number of carboxylic acid groups (broad SMARTS) is 1. The minimum atomic E-state index is -0.947. The van der Waals surface area contributed by atoms with Crippen molar-refractivity contribution in [3.63, 3.8) is 0 Å². The molecule has 1 aromatic heterocycles. The number of carbonyl (C=O) groups is 2. The summed E-state index contributed by atoms with van der Waals surface area (Å²) in [6.07, 6.45) is -0.112. The number of hydrogen-bond acceptors (Lipinski definition) is 6. The number of amides is 1. The third kappa shape index (κ3) is 6.09. The average Bonchev–Trinajstić information content (AvgIpc) is 3.38. The van der Waals surface area contributed by atoms with Crippen LogP contribution in [-0.4, -0.2) is 35.6 Å². The molecule has 1 amide bonds. The Morgan fingerprint density at radius 2 is 1.81 bits per heavy atom. The molecule has 2 N–H and O–H groups in total. The van der Waals surface area contributed by atoms with Gasteiger partial charge in [-0.05, 0) is 48.4 Å². The maximum Gasteiger partial charge on any atom is 0.305 e. The van der Waals surface area contributed by atoms with Crippen LogP contribution in [0.5, 0.6) is 5.75 Å². The van der Waals surface area contributed by atoms with Gasteiger partial charge in [0, 0.05) is 28.7 Å². The molecule has 0 bridgehead atoms. The number of methoxy groups -OCH3 is 1. The van der Waals surface area contributed by atoms with Gasteiger partial charge in [-0.3, -0.25) is 9.59 Å². The van der Waals surface area contributed by atoms with Crippen LogP contribution in [0.1, 0.15) is 27.9 Å². The van der Waals surface area contributed by atoms with E-state index in [4.69, 9.17) is 14.8 Å². The van der Waals surface area contributed by atoms with E-state index in [0.717, 1.165) is 39.0 Å². The predicted octanol–water partition coefficient (Wildman–Crippen LogP) is 5.67. The Morgan fingerprint density at radius 1 is 1.06 bits per heavy atom. The number of benzene rings is 3. The highest BCUT2D eigenvalue weighted by atomic mass is 32.1. The van der Waals surface area contributed by atoms with Crippen LogP contribution in [0, 0.1) is 6.92 Å². The first-order valence-corrected chi connectivity index (χ1v) is 12.3. The van der Waals surface area contributed by atoms with E-state index < -0.39 is 5.97 Å². The molecule has 0 atom stereocenters. The minimum absolute atomic E-state index is 0.0916. The van der Waals surface area contributed by atoms with Crippen molar-refractivity contribution in [3.8, 4) is 17.0 Å². The normalized spacial score (nSPS) is 10.6. The highest BCUT2D eigenvalue weighted by molar-refractivity contribution is 7.14. The van der Waals surface area contributed by atoms with Crippen LogP contribution in [0.4, 0.5) is 10.8 Å². The summed E-state index contributed by atoms with van der Waals surface area (Å²) in [6.45, 7) is 2.65. The summed E-state index contributed by atoms with van der Waals surface area (Å²) in [5, 5.41) is 14.3. The van der Waals surface area contributed by atoms with E-state index in [1.54, 1.807) is 30.6 Å². The molecule has 3 aromatic carbocycles. The number of thiazole rings is 1. The Balaban J connectivity index is 1.59. The van der Waals surface area contributed by atoms with E-state index in [2.05, 4.69) is 21.7 Å². The van der Waals surface area contributed by atoms with Crippen molar-refractivity contribution in [3.05, 3.63) is 94.9 Å². The van der Waals surface area contributed by atoms with E-state index in [-0.39, 0.29) is 18.9 Å². The molecule has 0 aliphatic rings. The number of aromatic nitrogens is 1. The van der Waals surface area contributed by atoms with E-state index in [1.807, 2.05) is 61.5 Å². The molecule has 0 saturated heterocycles. The lowest BCUT2D eigenvalue weighted by Gasteiger charge is -2.23. The van der Waals surface area contributed by atoms with E-state index in [0.29, 0.717) is 12.1 Å². The predicted molar refractivity (Wildman–Crippen MR) is 142 cm³/mol. The molecule has 0 aliphatic carbocycles. The van der Waals surface area contributed by atoms with E-state index in [9.17, 15) is 9.59 Å². The maximum atomic E-state index is 12.3. The molecule has 4 aromatic rings. The second kappa shape index (κ2) is 11.5. The number of rotatable bonds is 10. The van der Waals surface area contributed by atoms with Gasteiger partial charge in [0.15, 0.2) is 5.13 Å². The van der Waals surface area contributed by atoms with Crippen molar-refractivity contribution in [1.29, 1.82) is 0 Å². The van der Waals surface area contributed by atoms with Gasteiger partial charge in [0.2, 0.25) is 0 Å². The van der Waals surface area contributed by atoms with Crippen LogP contribution >= 0.6 is 11.3 Å². The molecule has 8 heteroatoms. The third-order valence-corrected chi connectivity index (χ3v) is 6.53. The van der Waals surface area contributed by atoms with Gasteiger partial charge >= 0.3 is 5.97 Å². The van der Waals surface area contributed by atoms with Crippen LogP contribution in [0.15, 0.2) is 78.2 Å². The van der Waals surface area contributed by atoms with Gasteiger partial charge in [0.25, 0.3) is 5.91 Å². The molecule has 0 spiro atoms. The summed E-state index contributed by atoms with van der Waals surface area (Å²) >= 11 is 1.57. The molecule has 0 unspecified atom stereocenters. The SMILES string of the molecule is COc1ccc(N(Cc2ccc(C(=O)NCCC(=O)O)cc2)c2nc(-c3ccccc3)cs2)cc1C. The Hall–Kier alpha value is -4.17. The van der Waals surface area contributed by atoms with Crippen LogP contribution < -0.4 is 15.0 Å². The molecule has 1 heterocycles. The fourth-order valence-electron chi connectivity index (χ4n) is 3.76. The smallest absolute Gasteiger partial charge is 0.305 e. The lowest BCUT2D eigenvalue weighted by molar-refractivity contribution is -0.136. The largest absolute Gasteiger partial charge is 0.496 e.